The van der Waals surface area contributed by atoms with Crippen LogP contribution in [0.5, 0.6) is 0 Å². The van der Waals surface area contributed by atoms with E-state index in [2.05, 4.69) is 45.4 Å². The Hall–Kier alpha value is -0.780. The summed E-state index contributed by atoms with van der Waals surface area (Å²) in [6, 6.07) is 6.70. The zero-order valence-corrected chi connectivity index (χ0v) is 11.1. The first-order valence-corrected chi connectivity index (χ1v) is 6.64. The van der Waals surface area contributed by atoms with E-state index in [0.717, 1.165) is 0 Å². The molecule has 0 fully saturated rings. The first-order chi connectivity index (χ1) is 7.74. The van der Waals surface area contributed by atoms with E-state index in [9.17, 15) is 0 Å². The van der Waals surface area contributed by atoms with E-state index in [1.807, 2.05) is 0 Å². The summed E-state index contributed by atoms with van der Waals surface area (Å²) >= 11 is 0. The van der Waals surface area contributed by atoms with Crippen LogP contribution in [0.1, 0.15) is 62.1 Å². The van der Waals surface area contributed by atoms with Gasteiger partial charge in [0.05, 0.1) is 0 Å². The lowest BCUT2D eigenvalue weighted by molar-refractivity contribution is 0.631. The SMILES string of the molecule is CCCCCCC[CH]c1cc(C)ccc1C. The molecule has 0 amide bonds. The summed E-state index contributed by atoms with van der Waals surface area (Å²) in [6.45, 7) is 6.63. The van der Waals surface area contributed by atoms with E-state index in [4.69, 9.17) is 0 Å². The first-order valence-electron chi connectivity index (χ1n) is 6.64. The molecule has 89 valence electrons. The van der Waals surface area contributed by atoms with Crippen molar-refractivity contribution in [3.8, 4) is 0 Å². The van der Waals surface area contributed by atoms with Gasteiger partial charge in [0.1, 0.15) is 0 Å². The zero-order chi connectivity index (χ0) is 11.8. The van der Waals surface area contributed by atoms with Crippen molar-refractivity contribution in [2.45, 2.75) is 59.3 Å². The van der Waals surface area contributed by atoms with Crippen LogP contribution in [0.4, 0.5) is 0 Å². The number of rotatable bonds is 7. The van der Waals surface area contributed by atoms with Crippen molar-refractivity contribution >= 4 is 0 Å². The Bertz CT molecular complexity index is 299. The summed E-state index contributed by atoms with van der Waals surface area (Å²) in [4.78, 5) is 0. The monoisotopic (exact) mass is 217 g/mol. The smallest absolute Gasteiger partial charge is 0.00903 e. The molecule has 0 aromatic heterocycles. The third-order valence-electron chi connectivity index (χ3n) is 3.11. The van der Waals surface area contributed by atoms with Crippen molar-refractivity contribution in [1.29, 1.82) is 0 Å². The highest BCUT2D eigenvalue weighted by Crippen LogP contribution is 2.16. The number of benzene rings is 1. The van der Waals surface area contributed by atoms with Crippen LogP contribution in [0.2, 0.25) is 0 Å². The van der Waals surface area contributed by atoms with Crippen LogP contribution in [0.25, 0.3) is 0 Å². The van der Waals surface area contributed by atoms with Gasteiger partial charge in [0.15, 0.2) is 0 Å². The number of hydrogen-bond acceptors (Lipinski definition) is 0. The molecule has 1 rings (SSSR count). The predicted molar refractivity (Wildman–Crippen MR) is 72.7 cm³/mol. The van der Waals surface area contributed by atoms with E-state index in [-0.39, 0.29) is 0 Å². The van der Waals surface area contributed by atoms with Gasteiger partial charge in [0, 0.05) is 0 Å². The van der Waals surface area contributed by atoms with Gasteiger partial charge < -0.3 is 0 Å². The van der Waals surface area contributed by atoms with E-state index in [0.29, 0.717) is 0 Å². The molecule has 0 aliphatic carbocycles. The maximum atomic E-state index is 2.40. The largest absolute Gasteiger partial charge is 0.0654 e. The lowest BCUT2D eigenvalue weighted by Gasteiger charge is -2.06. The van der Waals surface area contributed by atoms with Gasteiger partial charge >= 0.3 is 0 Å². The summed E-state index contributed by atoms with van der Waals surface area (Å²) in [5.74, 6) is 0. The molecule has 0 saturated heterocycles. The van der Waals surface area contributed by atoms with Crippen LogP contribution in [-0.2, 0) is 0 Å². The summed E-state index contributed by atoms with van der Waals surface area (Å²) in [6.07, 6.45) is 10.5. The molecule has 0 aliphatic heterocycles. The Morgan fingerprint density at radius 3 is 2.50 bits per heavy atom. The van der Waals surface area contributed by atoms with Gasteiger partial charge in [-0.2, -0.15) is 0 Å². The fourth-order valence-corrected chi connectivity index (χ4v) is 1.99. The standard InChI is InChI=1S/C16H25/c1-4-5-6-7-8-9-10-16-13-14(2)11-12-15(16)3/h10-13H,4-9H2,1-3H3. The second-order valence-corrected chi connectivity index (χ2v) is 4.77. The molecule has 0 heteroatoms. The Morgan fingerprint density at radius 2 is 1.75 bits per heavy atom. The maximum absolute atomic E-state index is 2.40. The summed E-state index contributed by atoms with van der Waals surface area (Å²) in [7, 11) is 0. The lowest BCUT2D eigenvalue weighted by atomic mass is 9.99. The summed E-state index contributed by atoms with van der Waals surface area (Å²) in [5.41, 5.74) is 4.19. The minimum atomic E-state index is 1.23. The van der Waals surface area contributed by atoms with Crippen LogP contribution in [0.3, 0.4) is 0 Å². The van der Waals surface area contributed by atoms with E-state index in [1.54, 1.807) is 0 Å². The van der Waals surface area contributed by atoms with Gasteiger partial charge in [0.25, 0.3) is 0 Å². The van der Waals surface area contributed by atoms with Gasteiger partial charge in [-0.05, 0) is 37.8 Å². The molecule has 1 aromatic rings. The minimum Gasteiger partial charge on any atom is -0.0654 e. The second kappa shape index (κ2) is 7.49. The number of unbranched alkanes of at least 4 members (excludes halogenated alkanes) is 5. The molecule has 1 radical (unpaired) electrons. The Labute approximate surface area is 101 Å². The topological polar surface area (TPSA) is 0 Å². The maximum Gasteiger partial charge on any atom is -0.00903 e. The second-order valence-electron chi connectivity index (χ2n) is 4.77. The molecule has 0 bridgehead atoms. The van der Waals surface area contributed by atoms with Crippen molar-refractivity contribution in [3.05, 3.63) is 41.3 Å². The highest BCUT2D eigenvalue weighted by atomic mass is 14.0. The van der Waals surface area contributed by atoms with Crippen LogP contribution in [0, 0.1) is 20.3 Å². The molecule has 0 atom stereocenters. The number of aryl methyl sites for hydroxylation is 2. The molecule has 0 saturated carbocycles. The predicted octanol–water partition coefficient (Wildman–Crippen LogP) is 5.22. The molecular weight excluding hydrogens is 192 g/mol. The van der Waals surface area contributed by atoms with Gasteiger partial charge in [-0.1, -0.05) is 62.8 Å². The Morgan fingerprint density at radius 1 is 1.00 bits per heavy atom. The molecule has 0 unspecified atom stereocenters. The normalized spacial score (nSPS) is 10.7. The number of hydrogen-bond donors (Lipinski definition) is 0. The van der Waals surface area contributed by atoms with Crippen molar-refractivity contribution in [3.63, 3.8) is 0 Å². The highest BCUT2D eigenvalue weighted by molar-refractivity contribution is 5.35. The lowest BCUT2D eigenvalue weighted by Crippen LogP contribution is -1.89. The third-order valence-corrected chi connectivity index (χ3v) is 3.11. The molecule has 0 heterocycles. The average Bonchev–Trinajstić information content (AvgIpc) is 2.28. The quantitative estimate of drug-likeness (QED) is 0.549. The summed E-state index contributed by atoms with van der Waals surface area (Å²) < 4.78 is 0. The van der Waals surface area contributed by atoms with E-state index < -0.39 is 0 Å². The fraction of sp³-hybridized carbons (Fsp3) is 0.562. The van der Waals surface area contributed by atoms with Gasteiger partial charge in [-0.15, -0.1) is 0 Å². The average molecular weight is 217 g/mol. The van der Waals surface area contributed by atoms with E-state index in [1.165, 1.54) is 55.2 Å². The molecule has 16 heavy (non-hydrogen) atoms. The third kappa shape index (κ3) is 4.83. The van der Waals surface area contributed by atoms with E-state index >= 15 is 0 Å². The van der Waals surface area contributed by atoms with Crippen molar-refractivity contribution in [2.24, 2.45) is 0 Å². The van der Waals surface area contributed by atoms with Gasteiger partial charge in [0.2, 0.25) is 0 Å². The van der Waals surface area contributed by atoms with Gasteiger partial charge in [-0.25, -0.2) is 0 Å². The van der Waals surface area contributed by atoms with Crippen LogP contribution < -0.4 is 0 Å². The molecule has 0 spiro atoms. The summed E-state index contributed by atoms with van der Waals surface area (Å²) in [5, 5.41) is 0. The molecule has 0 aliphatic rings. The molecular formula is C16H25. The first kappa shape index (κ1) is 13.3. The molecule has 0 N–H and O–H groups in total. The van der Waals surface area contributed by atoms with Crippen LogP contribution in [-0.4, -0.2) is 0 Å². The minimum absolute atomic E-state index is 1.23. The molecule has 0 nitrogen and oxygen atoms in total. The van der Waals surface area contributed by atoms with Crippen LogP contribution in [0.15, 0.2) is 18.2 Å². The fourth-order valence-electron chi connectivity index (χ4n) is 1.99. The van der Waals surface area contributed by atoms with Crippen LogP contribution >= 0.6 is 0 Å². The highest BCUT2D eigenvalue weighted by Gasteiger charge is 1.99. The molecule has 1 aromatic carbocycles. The Balaban J connectivity index is 2.23. The van der Waals surface area contributed by atoms with Crippen molar-refractivity contribution < 1.29 is 0 Å². The van der Waals surface area contributed by atoms with Crippen molar-refractivity contribution in [2.75, 3.05) is 0 Å². The van der Waals surface area contributed by atoms with Gasteiger partial charge in [-0.3, -0.25) is 0 Å². The Kier molecular flexibility index (Phi) is 6.22. The zero-order valence-electron chi connectivity index (χ0n) is 11.1. The van der Waals surface area contributed by atoms with Crippen molar-refractivity contribution in [1.82, 2.24) is 0 Å².